The minimum Gasteiger partial charge on any atom is -0.507 e. The van der Waals surface area contributed by atoms with Crippen molar-refractivity contribution in [1.82, 2.24) is 19.0 Å². The maximum absolute atomic E-state index is 12.5. The average molecular weight is 525 g/mol. The van der Waals surface area contributed by atoms with Gasteiger partial charge in [0.25, 0.3) is 5.56 Å². The second-order valence-electron chi connectivity index (χ2n) is 12.5. The van der Waals surface area contributed by atoms with E-state index in [0.29, 0.717) is 23.8 Å². The van der Waals surface area contributed by atoms with E-state index in [1.807, 2.05) is 0 Å². The van der Waals surface area contributed by atoms with Crippen LogP contribution in [0.25, 0.3) is 11.3 Å². The third-order valence-electron chi connectivity index (χ3n) is 7.39. The van der Waals surface area contributed by atoms with Gasteiger partial charge in [0.05, 0.1) is 10.7 Å². The second kappa shape index (κ2) is 9.87. The number of benzene rings is 1. The lowest BCUT2D eigenvalue weighted by atomic mass is 9.78. The van der Waals surface area contributed by atoms with Crippen LogP contribution in [0.15, 0.2) is 33.3 Å². The number of aromatic nitrogens is 3. The number of rotatable bonds is 4. The minimum atomic E-state index is -0.301. The molecule has 2 aromatic heterocycles. The van der Waals surface area contributed by atoms with Crippen LogP contribution in [0, 0.1) is 0 Å². The van der Waals surface area contributed by atoms with E-state index in [0.717, 1.165) is 53.3 Å². The summed E-state index contributed by atoms with van der Waals surface area (Å²) in [5.74, 6) is 0.777. The maximum Gasteiger partial charge on any atom is 0.330 e. The molecule has 3 aromatic rings. The first kappa shape index (κ1) is 27.3. The monoisotopic (exact) mass is 524 g/mol. The Morgan fingerprint density at radius 2 is 1.57 bits per heavy atom. The topological polar surface area (TPSA) is 80.4 Å². The highest BCUT2D eigenvalue weighted by Gasteiger charge is 2.28. The van der Waals surface area contributed by atoms with Gasteiger partial charge in [-0.25, -0.2) is 9.78 Å². The highest BCUT2D eigenvalue weighted by molar-refractivity contribution is 7.10. The fourth-order valence-corrected chi connectivity index (χ4v) is 6.10. The Morgan fingerprint density at radius 1 is 1.00 bits per heavy atom. The lowest BCUT2D eigenvalue weighted by Crippen LogP contribution is -2.41. The molecule has 0 radical (unpaired) electrons. The Kier molecular flexibility index (Phi) is 7.29. The predicted molar refractivity (Wildman–Crippen MR) is 151 cm³/mol. The summed E-state index contributed by atoms with van der Waals surface area (Å²) in [6.45, 7) is 15.1. The molecule has 1 aliphatic heterocycles. The number of likely N-dealkylation sites (tertiary alicyclic amines) is 1. The lowest BCUT2D eigenvalue weighted by molar-refractivity contribution is 0.203. The summed E-state index contributed by atoms with van der Waals surface area (Å²) in [6, 6.07) is 4.19. The molecule has 0 spiro atoms. The maximum atomic E-state index is 12.5. The van der Waals surface area contributed by atoms with Crippen molar-refractivity contribution in [2.24, 2.45) is 14.1 Å². The second-order valence-corrected chi connectivity index (χ2v) is 13.3. The molecule has 1 fully saturated rings. The third-order valence-corrected chi connectivity index (χ3v) is 8.40. The van der Waals surface area contributed by atoms with Gasteiger partial charge in [0, 0.05) is 60.4 Å². The van der Waals surface area contributed by atoms with Crippen LogP contribution >= 0.6 is 11.3 Å². The number of aryl methyl sites for hydroxylation is 1. The molecule has 0 saturated carbocycles. The summed E-state index contributed by atoms with van der Waals surface area (Å²) in [4.78, 5) is 31.9. The van der Waals surface area contributed by atoms with Gasteiger partial charge in [0.15, 0.2) is 0 Å². The van der Waals surface area contributed by atoms with Crippen LogP contribution in [0.5, 0.6) is 5.75 Å². The number of hydrogen-bond acceptors (Lipinski definition) is 6. The number of phenolic OH excluding ortho intramolecular Hbond substituents is 1. The van der Waals surface area contributed by atoms with Crippen molar-refractivity contribution in [1.29, 1.82) is 0 Å². The van der Waals surface area contributed by atoms with E-state index in [2.05, 4.69) is 64.0 Å². The first-order chi connectivity index (χ1) is 17.2. The first-order valence-corrected chi connectivity index (χ1v) is 13.9. The molecule has 0 atom stereocenters. The third kappa shape index (κ3) is 5.60. The predicted octanol–water partition coefficient (Wildman–Crippen LogP) is 4.89. The van der Waals surface area contributed by atoms with Crippen LogP contribution < -0.4 is 11.2 Å². The molecule has 0 aliphatic carbocycles. The van der Waals surface area contributed by atoms with Crippen molar-refractivity contribution in [3.63, 3.8) is 0 Å². The van der Waals surface area contributed by atoms with Gasteiger partial charge in [-0.05, 0) is 48.9 Å². The van der Waals surface area contributed by atoms with E-state index in [4.69, 9.17) is 4.98 Å². The molecule has 200 valence electrons. The van der Waals surface area contributed by atoms with Crippen LogP contribution in [-0.4, -0.2) is 37.2 Å². The number of aromatic hydroxyl groups is 1. The Hall–Kier alpha value is -2.71. The van der Waals surface area contributed by atoms with Crippen molar-refractivity contribution in [3.8, 4) is 17.0 Å². The van der Waals surface area contributed by atoms with Crippen LogP contribution in [0.2, 0.25) is 0 Å². The Balaban J connectivity index is 1.52. The molecule has 0 bridgehead atoms. The average Bonchev–Trinajstić information content (AvgIpc) is 3.30. The summed E-state index contributed by atoms with van der Waals surface area (Å²) < 4.78 is 2.65. The van der Waals surface area contributed by atoms with E-state index in [1.54, 1.807) is 24.6 Å². The van der Waals surface area contributed by atoms with Gasteiger partial charge >= 0.3 is 5.69 Å². The summed E-state index contributed by atoms with van der Waals surface area (Å²) in [7, 11) is 3.21. The Morgan fingerprint density at radius 3 is 2.11 bits per heavy atom. The normalized spacial score (nSPS) is 15.9. The van der Waals surface area contributed by atoms with Gasteiger partial charge in [-0.3, -0.25) is 14.3 Å². The zero-order valence-corrected chi connectivity index (χ0v) is 24.2. The molecule has 4 rings (SSSR count). The van der Waals surface area contributed by atoms with Gasteiger partial charge < -0.3 is 9.67 Å². The van der Waals surface area contributed by atoms with Gasteiger partial charge in [0.1, 0.15) is 5.75 Å². The van der Waals surface area contributed by atoms with Crippen molar-refractivity contribution in [2.75, 3.05) is 13.1 Å². The minimum absolute atomic E-state index is 0.183. The molecule has 1 aromatic carbocycles. The highest BCUT2D eigenvalue weighted by Crippen LogP contribution is 2.42. The standard InChI is InChI=1S/C29H40N4O3S/c1-28(2,3)21-13-19(14-22(24(21)34)29(4,5)6)23-17-37-25(30-23)18-9-11-33(12-10-18)16-20-15-31(7)27(36)32(8)26(20)35/h13-15,17-18,34H,9-12,16H2,1-8H3. The van der Waals surface area contributed by atoms with Crippen molar-refractivity contribution in [2.45, 2.75) is 77.7 Å². The molecule has 1 aliphatic rings. The summed E-state index contributed by atoms with van der Waals surface area (Å²) in [5, 5.41) is 14.4. The van der Waals surface area contributed by atoms with Crippen LogP contribution in [-0.2, 0) is 31.5 Å². The van der Waals surface area contributed by atoms with Gasteiger partial charge in [-0.1, -0.05) is 41.5 Å². The van der Waals surface area contributed by atoms with E-state index in [-0.39, 0.29) is 22.1 Å². The van der Waals surface area contributed by atoms with Crippen molar-refractivity contribution < 1.29 is 5.11 Å². The number of nitrogens with zero attached hydrogens (tertiary/aromatic N) is 4. The smallest absolute Gasteiger partial charge is 0.330 e. The van der Waals surface area contributed by atoms with E-state index >= 15 is 0 Å². The molecule has 1 saturated heterocycles. The summed E-state index contributed by atoms with van der Waals surface area (Å²) in [5.41, 5.74) is 3.68. The van der Waals surface area contributed by atoms with Crippen LogP contribution in [0.1, 0.15) is 82.0 Å². The summed E-state index contributed by atoms with van der Waals surface area (Å²) in [6.07, 6.45) is 3.63. The van der Waals surface area contributed by atoms with Crippen LogP contribution in [0.4, 0.5) is 0 Å². The lowest BCUT2D eigenvalue weighted by Gasteiger charge is -2.31. The molecular formula is C29H40N4O3S. The molecule has 7 nitrogen and oxygen atoms in total. The number of thiazole rings is 1. The van der Waals surface area contributed by atoms with Gasteiger partial charge in [0.2, 0.25) is 0 Å². The number of hydrogen-bond donors (Lipinski definition) is 1. The molecule has 1 N–H and O–H groups in total. The van der Waals surface area contributed by atoms with Gasteiger partial charge in [-0.2, -0.15) is 0 Å². The molecule has 0 amide bonds. The number of piperidine rings is 1. The van der Waals surface area contributed by atoms with Gasteiger partial charge in [-0.15, -0.1) is 11.3 Å². The molecule has 8 heteroatoms. The molecule has 37 heavy (non-hydrogen) atoms. The molecule has 3 heterocycles. The van der Waals surface area contributed by atoms with Crippen LogP contribution in [0.3, 0.4) is 0 Å². The number of phenols is 1. The fraction of sp³-hybridized carbons (Fsp3) is 0.552. The molecule has 0 unspecified atom stereocenters. The van der Waals surface area contributed by atoms with E-state index in [9.17, 15) is 14.7 Å². The van der Waals surface area contributed by atoms with Crippen molar-refractivity contribution in [3.05, 3.63) is 66.2 Å². The first-order valence-electron chi connectivity index (χ1n) is 13.0. The summed E-state index contributed by atoms with van der Waals surface area (Å²) >= 11 is 1.71. The highest BCUT2D eigenvalue weighted by atomic mass is 32.1. The molecular weight excluding hydrogens is 484 g/mol. The van der Waals surface area contributed by atoms with E-state index in [1.165, 1.54) is 16.2 Å². The largest absolute Gasteiger partial charge is 0.507 e. The SMILES string of the molecule is Cn1cc(CN2CCC(c3nc(-c4cc(C(C)(C)C)c(O)c(C(C)(C)C)c4)cs3)CC2)c(=O)n(C)c1=O. The van der Waals surface area contributed by atoms with Crippen molar-refractivity contribution >= 4 is 11.3 Å². The fourth-order valence-electron chi connectivity index (χ4n) is 5.10. The Labute approximate surface area is 223 Å². The quantitative estimate of drug-likeness (QED) is 0.526. The zero-order chi connectivity index (χ0) is 27.3. The van der Waals surface area contributed by atoms with E-state index < -0.39 is 0 Å². The zero-order valence-electron chi connectivity index (χ0n) is 23.4. The Bertz CT molecular complexity index is 1380.